The number of aromatic nitrogens is 3. The van der Waals surface area contributed by atoms with Gasteiger partial charge in [-0.25, -0.2) is 13.1 Å². The Bertz CT molecular complexity index is 788. The number of nitro groups is 1. The summed E-state index contributed by atoms with van der Waals surface area (Å²) in [5.41, 5.74) is -0.474. The Labute approximate surface area is 124 Å². The maximum Gasteiger partial charge on any atom is 0.289 e. The van der Waals surface area contributed by atoms with Gasteiger partial charge in [-0.1, -0.05) is 11.6 Å². The second kappa shape index (κ2) is 5.76. The van der Waals surface area contributed by atoms with Crippen molar-refractivity contribution < 1.29 is 13.3 Å². The number of rotatable bonds is 5. The van der Waals surface area contributed by atoms with Crippen LogP contribution in [-0.4, -0.2) is 28.1 Å². The van der Waals surface area contributed by atoms with Crippen molar-refractivity contribution in [3.8, 4) is 0 Å². The second-order valence-corrected chi connectivity index (χ2v) is 6.23. The van der Waals surface area contributed by atoms with Crippen molar-refractivity contribution >= 4 is 27.3 Å². The monoisotopic (exact) mass is 331 g/mol. The smallest absolute Gasteiger partial charge is 0.289 e. The first-order valence-corrected chi connectivity index (χ1v) is 7.44. The fraction of sp³-hybridized carbons (Fsp3) is 0.200. The van der Waals surface area contributed by atoms with Crippen LogP contribution in [0.3, 0.4) is 0 Å². The molecule has 0 saturated carbocycles. The summed E-state index contributed by atoms with van der Waals surface area (Å²) in [5.74, 6) is 0.405. The Balaban J connectivity index is 2.26. The zero-order valence-corrected chi connectivity index (χ0v) is 12.3. The summed E-state index contributed by atoms with van der Waals surface area (Å²) in [4.78, 5) is 9.78. The van der Waals surface area contributed by atoms with E-state index in [9.17, 15) is 18.5 Å². The van der Waals surface area contributed by atoms with Crippen LogP contribution in [0, 0.1) is 10.1 Å². The molecule has 0 aliphatic carbocycles. The molecule has 0 saturated heterocycles. The molecule has 0 spiro atoms. The predicted molar refractivity (Wildman–Crippen MR) is 73.1 cm³/mol. The number of nitro benzene ring substituents is 1. The third kappa shape index (κ3) is 3.35. The molecule has 0 atom stereocenters. The lowest BCUT2D eigenvalue weighted by molar-refractivity contribution is -0.384. The molecule has 0 radical (unpaired) electrons. The lowest BCUT2D eigenvalue weighted by Crippen LogP contribution is -2.24. The fourth-order valence-electron chi connectivity index (χ4n) is 1.51. The van der Waals surface area contributed by atoms with Gasteiger partial charge >= 0.3 is 0 Å². The van der Waals surface area contributed by atoms with Gasteiger partial charge < -0.3 is 4.57 Å². The Morgan fingerprint density at radius 2 is 2.19 bits per heavy atom. The van der Waals surface area contributed by atoms with Crippen LogP contribution < -0.4 is 4.72 Å². The number of benzene rings is 1. The maximum atomic E-state index is 12.1. The molecule has 0 amide bonds. The summed E-state index contributed by atoms with van der Waals surface area (Å²) in [6.45, 7) is -0.0880. The third-order valence-electron chi connectivity index (χ3n) is 2.65. The average Bonchev–Trinajstić information content (AvgIpc) is 2.82. The molecule has 11 heteroatoms. The summed E-state index contributed by atoms with van der Waals surface area (Å²) in [5, 5.41) is 18.0. The predicted octanol–water partition coefficient (Wildman–Crippen LogP) is 0.855. The number of hydrogen-bond acceptors (Lipinski definition) is 6. The molecule has 2 rings (SSSR count). The Kier molecular flexibility index (Phi) is 4.21. The molecule has 1 aromatic carbocycles. The van der Waals surface area contributed by atoms with Crippen LogP contribution in [0.25, 0.3) is 0 Å². The van der Waals surface area contributed by atoms with Crippen LogP contribution >= 0.6 is 11.6 Å². The number of nitrogens with zero attached hydrogens (tertiary/aromatic N) is 4. The largest absolute Gasteiger partial charge is 0.320 e. The first-order chi connectivity index (χ1) is 9.81. The van der Waals surface area contributed by atoms with E-state index >= 15 is 0 Å². The van der Waals surface area contributed by atoms with Crippen LogP contribution in [0.5, 0.6) is 0 Å². The first kappa shape index (κ1) is 15.4. The molecule has 1 aromatic heterocycles. The topological polar surface area (TPSA) is 120 Å². The number of nitrogens with one attached hydrogen (secondary N) is 1. The van der Waals surface area contributed by atoms with Crippen LogP contribution in [0.4, 0.5) is 5.69 Å². The summed E-state index contributed by atoms with van der Waals surface area (Å²) in [6.07, 6.45) is 1.43. The summed E-state index contributed by atoms with van der Waals surface area (Å²) in [7, 11) is -2.26. The van der Waals surface area contributed by atoms with E-state index in [0.29, 0.717) is 5.82 Å². The summed E-state index contributed by atoms with van der Waals surface area (Å²) in [6, 6.07) is 3.26. The van der Waals surface area contributed by atoms with Gasteiger partial charge in [-0.3, -0.25) is 10.1 Å². The zero-order valence-electron chi connectivity index (χ0n) is 10.7. The van der Waals surface area contributed by atoms with Gasteiger partial charge in [0.2, 0.25) is 10.0 Å². The molecule has 1 N–H and O–H groups in total. The second-order valence-electron chi connectivity index (χ2n) is 4.05. The standard InChI is InChI=1S/C10H10ClN5O4S/c1-15-6-12-14-10(15)5-13-21(19,20)7-2-3-8(11)9(4-7)16(17)18/h2-4,6,13H,5H2,1H3. The SMILES string of the molecule is Cn1cnnc1CNS(=O)(=O)c1ccc(Cl)c([N+](=O)[O-])c1. The molecule has 0 fully saturated rings. The number of hydrogen-bond donors (Lipinski definition) is 1. The van der Waals surface area contributed by atoms with Gasteiger partial charge in [0.1, 0.15) is 17.2 Å². The van der Waals surface area contributed by atoms with Crippen molar-refractivity contribution in [1.82, 2.24) is 19.5 Å². The molecule has 0 aliphatic rings. The summed E-state index contributed by atoms with van der Waals surface area (Å²) < 4.78 is 28.0. The van der Waals surface area contributed by atoms with Crippen molar-refractivity contribution in [3.05, 3.63) is 45.5 Å². The highest BCUT2D eigenvalue weighted by Gasteiger charge is 2.21. The molecule has 21 heavy (non-hydrogen) atoms. The van der Waals surface area contributed by atoms with E-state index in [2.05, 4.69) is 14.9 Å². The van der Waals surface area contributed by atoms with E-state index in [-0.39, 0.29) is 16.5 Å². The van der Waals surface area contributed by atoms with Gasteiger partial charge in [0.25, 0.3) is 5.69 Å². The van der Waals surface area contributed by atoms with Crippen molar-refractivity contribution in [2.24, 2.45) is 7.05 Å². The third-order valence-corrected chi connectivity index (χ3v) is 4.37. The van der Waals surface area contributed by atoms with Gasteiger partial charge in [0.15, 0.2) is 0 Å². The van der Waals surface area contributed by atoms with E-state index < -0.39 is 20.6 Å². The minimum Gasteiger partial charge on any atom is -0.320 e. The quantitative estimate of drug-likeness (QED) is 0.640. The fourth-order valence-corrected chi connectivity index (χ4v) is 2.70. The Morgan fingerprint density at radius 1 is 1.48 bits per heavy atom. The Morgan fingerprint density at radius 3 is 2.76 bits per heavy atom. The number of sulfonamides is 1. The van der Waals surface area contributed by atoms with E-state index in [0.717, 1.165) is 12.1 Å². The lowest BCUT2D eigenvalue weighted by Gasteiger charge is -2.06. The molecule has 9 nitrogen and oxygen atoms in total. The van der Waals surface area contributed by atoms with Crippen molar-refractivity contribution in [3.63, 3.8) is 0 Å². The molecule has 0 bridgehead atoms. The van der Waals surface area contributed by atoms with Crippen LogP contribution in [0.2, 0.25) is 5.02 Å². The van der Waals surface area contributed by atoms with Crippen LogP contribution in [0.15, 0.2) is 29.4 Å². The van der Waals surface area contributed by atoms with E-state index in [1.165, 1.54) is 12.4 Å². The van der Waals surface area contributed by atoms with Gasteiger partial charge in [-0.15, -0.1) is 10.2 Å². The molecule has 0 unspecified atom stereocenters. The molecule has 2 aromatic rings. The van der Waals surface area contributed by atoms with Crippen molar-refractivity contribution in [1.29, 1.82) is 0 Å². The average molecular weight is 332 g/mol. The molecule has 112 valence electrons. The summed E-state index contributed by atoms with van der Waals surface area (Å²) >= 11 is 5.64. The van der Waals surface area contributed by atoms with Crippen molar-refractivity contribution in [2.45, 2.75) is 11.4 Å². The highest BCUT2D eigenvalue weighted by Crippen LogP contribution is 2.26. The van der Waals surface area contributed by atoms with Gasteiger partial charge in [0, 0.05) is 13.1 Å². The molecular weight excluding hydrogens is 322 g/mol. The zero-order chi connectivity index (χ0) is 15.6. The van der Waals surface area contributed by atoms with Crippen LogP contribution in [0.1, 0.15) is 5.82 Å². The van der Waals surface area contributed by atoms with Gasteiger partial charge in [-0.2, -0.15) is 0 Å². The highest BCUT2D eigenvalue weighted by molar-refractivity contribution is 7.89. The Hall–Kier alpha value is -2.04. The molecule has 1 heterocycles. The molecular formula is C10H10ClN5O4S. The minimum atomic E-state index is -3.92. The van der Waals surface area contributed by atoms with E-state index in [4.69, 9.17) is 11.6 Å². The van der Waals surface area contributed by atoms with Crippen LogP contribution in [-0.2, 0) is 23.6 Å². The first-order valence-electron chi connectivity index (χ1n) is 5.58. The van der Waals surface area contributed by atoms with E-state index in [1.54, 1.807) is 11.6 Å². The van der Waals surface area contributed by atoms with Crippen molar-refractivity contribution in [2.75, 3.05) is 0 Å². The number of aryl methyl sites for hydroxylation is 1. The maximum absolute atomic E-state index is 12.1. The lowest BCUT2D eigenvalue weighted by atomic mass is 10.3. The van der Waals surface area contributed by atoms with Gasteiger partial charge in [0.05, 0.1) is 16.4 Å². The van der Waals surface area contributed by atoms with Gasteiger partial charge in [-0.05, 0) is 12.1 Å². The minimum absolute atomic E-state index is 0.0880. The highest BCUT2D eigenvalue weighted by atomic mass is 35.5. The molecule has 0 aliphatic heterocycles. The number of halogens is 1. The van der Waals surface area contributed by atoms with E-state index in [1.807, 2.05) is 0 Å². The normalized spacial score (nSPS) is 11.5.